The molecule has 1 aromatic heterocycles. The van der Waals surface area contributed by atoms with Gasteiger partial charge in [-0.25, -0.2) is 0 Å². The highest BCUT2D eigenvalue weighted by Crippen LogP contribution is 2.24. The number of amides is 1. The van der Waals surface area contributed by atoms with Gasteiger partial charge in [0.15, 0.2) is 0 Å². The Hall–Kier alpha value is -1.85. The Morgan fingerprint density at radius 1 is 1.38 bits per heavy atom. The summed E-state index contributed by atoms with van der Waals surface area (Å²) in [5.41, 5.74) is 1.30. The molecule has 2 N–H and O–H groups in total. The number of carbonyl (C=O) groups excluding carboxylic acids is 1. The zero-order valence-electron chi connectivity index (χ0n) is 12.6. The van der Waals surface area contributed by atoms with E-state index in [0.717, 1.165) is 31.4 Å². The summed E-state index contributed by atoms with van der Waals surface area (Å²) in [6, 6.07) is -0.289. The van der Waals surface area contributed by atoms with Crippen molar-refractivity contribution >= 4 is 11.9 Å². The lowest BCUT2D eigenvalue weighted by atomic mass is 9.94. The van der Waals surface area contributed by atoms with Crippen molar-refractivity contribution in [3.05, 3.63) is 17.5 Å². The number of aryl methyl sites for hydroxylation is 2. The van der Waals surface area contributed by atoms with Crippen LogP contribution in [0.5, 0.6) is 0 Å². The molecule has 0 radical (unpaired) electrons. The highest BCUT2D eigenvalue weighted by molar-refractivity contribution is 5.95. The fourth-order valence-electron chi connectivity index (χ4n) is 3.01. The molecule has 1 saturated carbocycles. The Morgan fingerprint density at radius 2 is 2.10 bits per heavy atom. The highest BCUT2D eigenvalue weighted by atomic mass is 16.4. The van der Waals surface area contributed by atoms with Gasteiger partial charge in [-0.2, -0.15) is 5.10 Å². The van der Waals surface area contributed by atoms with Crippen LogP contribution in [0.15, 0.2) is 6.20 Å². The first-order valence-electron chi connectivity index (χ1n) is 7.59. The minimum Gasteiger partial charge on any atom is -0.481 e. The van der Waals surface area contributed by atoms with E-state index in [1.807, 2.05) is 6.92 Å². The molecule has 1 aromatic rings. The van der Waals surface area contributed by atoms with Gasteiger partial charge >= 0.3 is 5.97 Å². The normalized spacial score (nSPS) is 22.6. The maximum absolute atomic E-state index is 12.4. The molecular weight excluding hydrogens is 270 g/mol. The molecule has 2 rings (SSSR count). The van der Waals surface area contributed by atoms with Gasteiger partial charge in [0.25, 0.3) is 5.91 Å². The third-order valence-corrected chi connectivity index (χ3v) is 4.13. The number of carboxylic acid groups (broad SMARTS) is 1. The fraction of sp³-hybridized carbons (Fsp3) is 0.667. The van der Waals surface area contributed by atoms with Crippen molar-refractivity contribution in [3.8, 4) is 0 Å². The lowest BCUT2D eigenvalue weighted by Crippen LogP contribution is -2.43. The first kappa shape index (κ1) is 15.5. The molecule has 21 heavy (non-hydrogen) atoms. The third kappa shape index (κ3) is 3.62. The lowest BCUT2D eigenvalue weighted by molar-refractivity contribution is -0.142. The predicted octanol–water partition coefficient (Wildman–Crippen LogP) is 1.75. The molecule has 116 valence electrons. The van der Waals surface area contributed by atoms with Gasteiger partial charge < -0.3 is 10.4 Å². The fourth-order valence-corrected chi connectivity index (χ4v) is 3.01. The van der Waals surface area contributed by atoms with Crippen LogP contribution in [0, 0.1) is 5.92 Å². The van der Waals surface area contributed by atoms with Crippen LogP contribution in [0.3, 0.4) is 0 Å². The van der Waals surface area contributed by atoms with Gasteiger partial charge in [0.2, 0.25) is 0 Å². The SMILES string of the molecule is CCc1nn(C)cc1C(=O)NC1CCCCCC1C(=O)O. The van der Waals surface area contributed by atoms with E-state index >= 15 is 0 Å². The molecule has 0 aromatic carbocycles. The summed E-state index contributed by atoms with van der Waals surface area (Å²) in [5, 5.41) is 16.5. The van der Waals surface area contributed by atoms with Crippen molar-refractivity contribution in [3.63, 3.8) is 0 Å². The van der Waals surface area contributed by atoms with Gasteiger partial charge in [0.05, 0.1) is 17.2 Å². The molecule has 0 saturated heterocycles. The molecule has 0 bridgehead atoms. The number of carboxylic acids is 1. The second-order valence-corrected chi connectivity index (χ2v) is 5.68. The second kappa shape index (κ2) is 6.74. The Balaban J connectivity index is 2.14. The first-order chi connectivity index (χ1) is 10.0. The van der Waals surface area contributed by atoms with Crippen molar-refractivity contribution in [2.45, 2.75) is 51.5 Å². The number of carbonyl (C=O) groups is 2. The van der Waals surface area contributed by atoms with Crippen LogP contribution in [0.2, 0.25) is 0 Å². The zero-order chi connectivity index (χ0) is 15.4. The van der Waals surface area contributed by atoms with E-state index in [1.165, 1.54) is 0 Å². The smallest absolute Gasteiger partial charge is 0.308 e. The topological polar surface area (TPSA) is 84.2 Å². The van der Waals surface area contributed by atoms with Crippen LogP contribution in [0.25, 0.3) is 0 Å². The number of nitrogens with zero attached hydrogens (tertiary/aromatic N) is 2. The lowest BCUT2D eigenvalue weighted by Gasteiger charge is -2.22. The van der Waals surface area contributed by atoms with E-state index in [9.17, 15) is 14.7 Å². The standard InChI is InChI=1S/C15H23N3O3/c1-3-12-11(9-18(2)17-12)14(19)16-13-8-6-4-5-7-10(13)15(20)21/h9-10,13H,3-8H2,1-2H3,(H,16,19)(H,20,21). The van der Waals surface area contributed by atoms with Gasteiger partial charge in [-0.05, 0) is 19.3 Å². The van der Waals surface area contributed by atoms with Gasteiger partial charge in [-0.15, -0.1) is 0 Å². The van der Waals surface area contributed by atoms with E-state index in [0.29, 0.717) is 18.4 Å². The molecule has 1 amide bonds. The summed E-state index contributed by atoms with van der Waals surface area (Å²) in [6.07, 6.45) is 6.64. The largest absolute Gasteiger partial charge is 0.481 e. The summed E-state index contributed by atoms with van der Waals surface area (Å²) in [5.74, 6) is -1.51. The van der Waals surface area contributed by atoms with Crippen molar-refractivity contribution < 1.29 is 14.7 Å². The predicted molar refractivity (Wildman–Crippen MR) is 78.1 cm³/mol. The molecule has 0 spiro atoms. The van der Waals surface area contributed by atoms with E-state index < -0.39 is 11.9 Å². The number of aliphatic carboxylic acids is 1. The number of hydrogen-bond donors (Lipinski definition) is 2. The van der Waals surface area contributed by atoms with Gasteiger partial charge in [0.1, 0.15) is 0 Å². The molecule has 1 aliphatic rings. The van der Waals surface area contributed by atoms with Crippen molar-refractivity contribution in [1.82, 2.24) is 15.1 Å². The van der Waals surface area contributed by atoms with Crippen molar-refractivity contribution in [2.75, 3.05) is 0 Å². The van der Waals surface area contributed by atoms with Gasteiger partial charge in [-0.3, -0.25) is 14.3 Å². The number of hydrogen-bond acceptors (Lipinski definition) is 3. The Kier molecular flexibility index (Phi) is 4.98. The van der Waals surface area contributed by atoms with Crippen LogP contribution >= 0.6 is 0 Å². The monoisotopic (exact) mass is 293 g/mol. The van der Waals surface area contributed by atoms with E-state index in [-0.39, 0.29) is 11.9 Å². The Labute approximate surface area is 124 Å². The maximum atomic E-state index is 12.4. The molecule has 6 heteroatoms. The van der Waals surface area contributed by atoms with E-state index in [4.69, 9.17) is 0 Å². The third-order valence-electron chi connectivity index (χ3n) is 4.13. The molecule has 2 unspecified atom stereocenters. The zero-order valence-corrected chi connectivity index (χ0v) is 12.6. The summed E-state index contributed by atoms with van der Waals surface area (Å²) >= 11 is 0. The summed E-state index contributed by atoms with van der Waals surface area (Å²) in [6.45, 7) is 1.95. The Morgan fingerprint density at radius 3 is 2.76 bits per heavy atom. The van der Waals surface area contributed by atoms with Crippen molar-refractivity contribution in [1.29, 1.82) is 0 Å². The summed E-state index contributed by atoms with van der Waals surface area (Å²) in [7, 11) is 1.78. The minimum absolute atomic E-state index is 0.210. The van der Waals surface area contributed by atoms with Crippen LogP contribution in [0.4, 0.5) is 0 Å². The highest BCUT2D eigenvalue weighted by Gasteiger charge is 2.31. The second-order valence-electron chi connectivity index (χ2n) is 5.68. The minimum atomic E-state index is -0.816. The molecule has 1 fully saturated rings. The van der Waals surface area contributed by atoms with Crippen LogP contribution in [0.1, 0.15) is 55.1 Å². The molecular formula is C15H23N3O3. The van der Waals surface area contributed by atoms with E-state index in [2.05, 4.69) is 10.4 Å². The van der Waals surface area contributed by atoms with Gasteiger partial charge in [-0.1, -0.05) is 26.2 Å². The number of nitrogens with one attached hydrogen (secondary N) is 1. The molecule has 0 aliphatic heterocycles. The average Bonchev–Trinajstić information content (AvgIpc) is 2.67. The Bertz CT molecular complexity index is 524. The quantitative estimate of drug-likeness (QED) is 0.828. The number of rotatable bonds is 4. The van der Waals surface area contributed by atoms with Crippen LogP contribution < -0.4 is 5.32 Å². The number of aromatic nitrogens is 2. The van der Waals surface area contributed by atoms with Gasteiger partial charge in [0, 0.05) is 19.3 Å². The van der Waals surface area contributed by atoms with Crippen LogP contribution in [-0.2, 0) is 18.3 Å². The molecule has 2 atom stereocenters. The molecule has 1 heterocycles. The maximum Gasteiger partial charge on any atom is 0.308 e. The van der Waals surface area contributed by atoms with Crippen molar-refractivity contribution in [2.24, 2.45) is 13.0 Å². The van der Waals surface area contributed by atoms with E-state index in [1.54, 1.807) is 17.9 Å². The molecule has 6 nitrogen and oxygen atoms in total. The summed E-state index contributed by atoms with van der Waals surface area (Å²) < 4.78 is 1.62. The average molecular weight is 293 g/mol. The first-order valence-corrected chi connectivity index (χ1v) is 7.59. The summed E-state index contributed by atoms with van der Waals surface area (Å²) in [4.78, 5) is 23.8. The van der Waals surface area contributed by atoms with Crippen LogP contribution in [-0.4, -0.2) is 32.8 Å². The molecule has 1 aliphatic carbocycles.